The van der Waals surface area contributed by atoms with Gasteiger partial charge in [0.1, 0.15) is 11.4 Å². The fraction of sp³-hybridized carbons (Fsp3) is 0.188. The minimum absolute atomic E-state index is 1.00. The number of fused-ring (bicyclic) bond motifs is 2. The van der Waals surface area contributed by atoms with Crippen LogP contribution in [0.4, 0.5) is 0 Å². The molecule has 2 heterocycles. The monoisotopic (exact) mass is 472 g/mol. The van der Waals surface area contributed by atoms with Crippen LogP contribution in [0.15, 0.2) is 109 Å². The smallest absolute Gasteiger partial charge is 0.227 e. The standard InChI is InChI=1S/C32H32N4/c1-25-33(29-19-9-11-21-31(29)35(25)27-15-5-3-6-16-27)23-13-14-24-34-26(2)36(28-17-7-4-8-18-28)32-22-12-10-20-30(32)34/h3-12,15-22H,13-14,23-24H2,1-2H3/q+2. The molecule has 0 saturated carbocycles. The van der Waals surface area contributed by atoms with Crippen molar-refractivity contribution in [1.82, 2.24) is 9.13 Å². The molecule has 0 N–H and O–H groups in total. The van der Waals surface area contributed by atoms with Gasteiger partial charge in [-0.15, -0.1) is 0 Å². The molecule has 0 aliphatic heterocycles. The van der Waals surface area contributed by atoms with E-state index in [1.165, 1.54) is 45.1 Å². The van der Waals surface area contributed by atoms with Crippen molar-refractivity contribution >= 4 is 22.1 Å². The first-order valence-electron chi connectivity index (χ1n) is 12.8. The van der Waals surface area contributed by atoms with Gasteiger partial charge in [-0.2, -0.15) is 9.13 Å². The lowest BCUT2D eigenvalue weighted by molar-refractivity contribution is -0.689. The molecule has 0 aliphatic rings. The summed E-state index contributed by atoms with van der Waals surface area (Å²) in [5.74, 6) is 2.54. The van der Waals surface area contributed by atoms with Gasteiger partial charge in [0.2, 0.25) is 0 Å². The van der Waals surface area contributed by atoms with Crippen LogP contribution < -0.4 is 9.13 Å². The van der Waals surface area contributed by atoms with Gasteiger partial charge in [0.25, 0.3) is 11.6 Å². The molecule has 0 spiro atoms. The third-order valence-electron chi connectivity index (χ3n) is 7.30. The lowest BCUT2D eigenvalue weighted by Crippen LogP contribution is -2.39. The number of benzene rings is 4. The third-order valence-corrected chi connectivity index (χ3v) is 7.30. The summed E-state index contributed by atoms with van der Waals surface area (Å²) in [5.41, 5.74) is 7.54. The molecule has 0 saturated heterocycles. The van der Waals surface area contributed by atoms with E-state index in [0.717, 1.165) is 25.9 Å². The summed E-state index contributed by atoms with van der Waals surface area (Å²) in [5, 5.41) is 0. The van der Waals surface area contributed by atoms with Crippen LogP contribution in [-0.4, -0.2) is 9.13 Å². The maximum Gasteiger partial charge on any atom is 0.259 e. The zero-order chi connectivity index (χ0) is 24.5. The highest BCUT2D eigenvalue weighted by atomic mass is 15.2. The summed E-state index contributed by atoms with van der Waals surface area (Å²) < 4.78 is 9.71. The first-order valence-corrected chi connectivity index (χ1v) is 12.8. The minimum Gasteiger partial charge on any atom is -0.227 e. The molecule has 0 aliphatic carbocycles. The zero-order valence-electron chi connectivity index (χ0n) is 21.0. The highest BCUT2D eigenvalue weighted by Gasteiger charge is 2.24. The van der Waals surface area contributed by atoms with Crippen LogP contribution in [0.3, 0.4) is 0 Å². The minimum atomic E-state index is 1.00. The maximum absolute atomic E-state index is 2.48. The molecule has 0 unspecified atom stereocenters. The number of hydrogen-bond donors (Lipinski definition) is 0. The van der Waals surface area contributed by atoms with Gasteiger partial charge in [-0.05, 0) is 61.4 Å². The van der Waals surface area contributed by atoms with Gasteiger partial charge in [-0.1, -0.05) is 60.7 Å². The number of hydrogen-bond acceptors (Lipinski definition) is 0. The normalized spacial score (nSPS) is 11.5. The topological polar surface area (TPSA) is 17.6 Å². The zero-order valence-corrected chi connectivity index (χ0v) is 21.0. The number of nitrogens with zero attached hydrogens (tertiary/aromatic N) is 4. The first-order chi connectivity index (χ1) is 17.7. The van der Waals surface area contributed by atoms with Crippen molar-refractivity contribution in [3.05, 3.63) is 121 Å². The molecule has 4 aromatic carbocycles. The van der Waals surface area contributed by atoms with Crippen molar-refractivity contribution in [2.75, 3.05) is 0 Å². The Balaban J connectivity index is 1.27. The Labute approximate surface area is 212 Å². The predicted octanol–water partition coefficient (Wildman–Crippen LogP) is 6.25. The molecule has 6 rings (SSSR count). The van der Waals surface area contributed by atoms with Crippen molar-refractivity contribution in [1.29, 1.82) is 0 Å². The van der Waals surface area contributed by atoms with Crippen molar-refractivity contribution in [3.63, 3.8) is 0 Å². The number of imidazole rings is 2. The Bertz CT molecular complexity index is 1520. The molecule has 2 aromatic heterocycles. The molecule has 6 aromatic rings. The number of para-hydroxylation sites is 6. The van der Waals surface area contributed by atoms with Crippen molar-refractivity contribution < 1.29 is 9.13 Å². The second-order valence-electron chi connectivity index (χ2n) is 9.42. The van der Waals surface area contributed by atoms with E-state index in [0.29, 0.717) is 0 Å². The highest BCUT2D eigenvalue weighted by molar-refractivity contribution is 5.75. The Morgan fingerprint density at radius 1 is 0.472 bits per heavy atom. The SMILES string of the molecule is Cc1n(-c2ccccc2)c2ccccc2[n+]1CCCC[n+]1c(C)n(-c2ccccc2)c2ccccc21. The molecule has 0 fully saturated rings. The summed E-state index contributed by atoms with van der Waals surface area (Å²) in [4.78, 5) is 0. The Morgan fingerprint density at radius 3 is 1.25 bits per heavy atom. The van der Waals surface area contributed by atoms with Gasteiger partial charge < -0.3 is 0 Å². The second-order valence-corrected chi connectivity index (χ2v) is 9.42. The fourth-order valence-corrected chi connectivity index (χ4v) is 5.61. The molecule has 0 atom stereocenters. The van der Waals surface area contributed by atoms with Gasteiger partial charge in [0, 0.05) is 13.8 Å². The quantitative estimate of drug-likeness (QED) is 0.193. The highest BCUT2D eigenvalue weighted by Crippen LogP contribution is 2.21. The molecule has 0 radical (unpaired) electrons. The lowest BCUT2D eigenvalue weighted by atomic mass is 10.2. The summed E-state index contributed by atoms with van der Waals surface area (Å²) in [6.07, 6.45) is 2.23. The second kappa shape index (κ2) is 9.46. The van der Waals surface area contributed by atoms with Crippen molar-refractivity contribution in [3.8, 4) is 11.4 Å². The molecule has 0 bridgehead atoms. The van der Waals surface area contributed by atoms with E-state index in [-0.39, 0.29) is 0 Å². The molecule has 178 valence electrons. The van der Waals surface area contributed by atoms with Crippen molar-refractivity contribution in [2.45, 2.75) is 39.8 Å². The maximum atomic E-state index is 2.48. The predicted molar refractivity (Wildman–Crippen MR) is 146 cm³/mol. The Kier molecular flexibility index (Phi) is 5.86. The van der Waals surface area contributed by atoms with Gasteiger partial charge >= 0.3 is 0 Å². The van der Waals surface area contributed by atoms with Gasteiger partial charge in [-0.25, -0.2) is 9.13 Å². The number of unbranched alkanes of at least 4 members (excludes halogenated alkanes) is 1. The van der Waals surface area contributed by atoms with Crippen LogP contribution in [0.2, 0.25) is 0 Å². The summed E-state index contributed by atoms with van der Waals surface area (Å²) in [6.45, 7) is 6.48. The largest absolute Gasteiger partial charge is 0.259 e. The van der Waals surface area contributed by atoms with E-state index in [4.69, 9.17) is 0 Å². The summed E-state index contributed by atoms with van der Waals surface area (Å²) in [6, 6.07) is 38.8. The van der Waals surface area contributed by atoms with Crippen LogP contribution >= 0.6 is 0 Å². The van der Waals surface area contributed by atoms with Crippen molar-refractivity contribution in [2.24, 2.45) is 0 Å². The molecular weight excluding hydrogens is 440 g/mol. The van der Waals surface area contributed by atoms with E-state index in [1.54, 1.807) is 0 Å². The van der Waals surface area contributed by atoms with Gasteiger partial charge in [-0.3, -0.25) is 0 Å². The van der Waals surface area contributed by atoms with Crippen LogP contribution in [0, 0.1) is 13.8 Å². The third kappa shape index (κ3) is 3.79. The number of rotatable bonds is 7. The van der Waals surface area contributed by atoms with Gasteiger partial charge in [0.15, 0.2) is 22.1 Å². The Morgan fingerprint density at radius 2 is 0.833 bits per heavy atom. The van der Waals surface area contributed by atoms with Gasteiger partial charge in [0.05, 0.1) is 13.1 Å². The average molecular weight is 473 g/mol. The molecule has 4 nitrogen and oxygen atoms in total. The van der Waals surface area contributed by atoms with E-state index in [9.17, 15) is 0 Å². The first kappa shape index (κ1) is 22.3. The van der Waals surface area contributed by atoms with Crippen LogP contribution in [0.5, 0.6) is 0 Å². The Hall–Kier alpha value is -4.18. The average Bonchev–Trinajstić information content (AvgIpc) is 3.37. The van der Waals surface area contributed by atoms with Crippen LogP contribution in [0.25, 0.3) is 33.4 Å². The molecule has 0 amide bonds. The van der Waals surface area contributed by atoms with E-state index in [2.05, 4.69) is 141 Å². The number of aromatic nitrogens is 4. The molecular formula is C32H32N4+2. The van der Waals surface area contributed by atoms with E-state index < -0.39 is 0 Å². The summed E-state index contributed by atoms with van der Waals surface area (Å²) in [7, 11) is 0. The van der Waals surface area contributed by atoms with Crippen LogP contribution in [-0.2, 0) is 13.1 Å². The van der Waals surface area contributed by atoms with Crippen LogP contribution in [0.1, 0.15) is 24.5 Å². The van der Waals surface area contributed by atoms with E-state index in [1.807, 2.05) is 0 Å². The summed E-state index contributed by atoms with van der Waals surface area (Å²) >= 11 is 0. The fourth-order valence-electron chi connectivity index (χ4n) is 5.61. The van der Waals surface area contributed by atoms with E-state index >= 15 is 0 Å². The lowest BCUT2D eigenvalue weighted by Gasteiger charge is -2.03. The molecule has 4 heteroatoms. The number of aryl methyl sites for hydroxylation is 2. The molecule has 36 heavy (non-hydrogen) atoms.